The molecule has 1 fully saturated rings. The Morgan fingerprint density at radius 1 is 1.10 bits per heavy atom. The number of allylic oxidation sites excluding steroid dienone is 1. The zero-order valence-electron chi connectivity index (χ0n) is 25.7. The molecule has 3 amide bonds. The van der Waals surface area contributed by atoms with Crippen LogP contribution in [-0.2, 0) is 32.1 Å². The number of benzene rings is 1. The summed E-state index contributed by atoms with van der Waals surface area (Å²) in [7, 11) is 1.27. The van der Waals surface area contributed by atoms with Crippen LogP contribution < -0.4 is 5.32 Å². The molecule has 1 unspecified atom stereocenters. The molecule has 10 nitrogen and oxygen atoms in total. The number of Topliss-reactive ketones (excluding diaryl/α,β-unsaturated/α-hetero) is 1. The van der Waals surface area contributed by atoms with Crippen molar-refractivity contribution in [3.05, 3.63) is 54.1 Å². The van der Waals surface area contributed by atoms with Gasteiger partial charge in [-0.3, -0.25) is 9.69 Å². The zero-order valence-corrected chi connectivity index (χ0v) is 25.7. The lowest BCUT2D eigenvalue weighted by atomic mass is 9.82. The van der Waals surface area contributed by atoms with Gasteiger partial charge in [0.05, 0.1) is 32.8 Å². The van der Waals surface area contributed by atoms with E-state index in [4.69, 9.17) is 14.2 Å². The highest BCUT2D eigenvalue weighted by Crippen LogP contribution is 2.31. The topological polar surface area (TPSA) is 114 Å². The Bertz CT molecular complexity index is 1200. The van der Waals surface area contributed by atoms with Crippen molar-refractivity contribution in [1.82, 2.24) is 15.1 Å². The van der Waals surface area contributed by atoms with Gasteiger partial charge in [-0.1, -0.05) is 71.5 Å². The van der Waals surface area contributed by atoms with E-state index in [-0.39, 0.29) is 37.2 Å². The maximum absolute atomic E-state index is 13.6. The first-order valence-corrected chi connectivity index (χ1v) is 14.3. The van der Waals surface area contributed by atoms with Gasteiger partial charge in [-0.2, -0.15) is 0 Å². The summed E-state index contributed by atoms with van der Waals surface area (Å²) in [6, 6.07) is 4.43. The number of carbonyl (C=O) groups is 4. The molecule has 0 aromatic heterocycles. The van der Waals surface area contributed by atoms with Crippen LogP contribution in [0.25, 0.3) is 6.08 Å². The molecule has 0 spiro atoms. The second-order valence-corrected chi connectivity index (χ2v) is 12.9. The maximum atomic E-state index is 13.6. The summed E-state index contributed by atoms with van der Waals surface area (Å²) in [6.07, 6.45) is 2.02. The highest BCUT2D eigenvalue weighted by Gasteiger charge is 2.42. The number of ether oxygens (including phenoxy) is 3. The molecule has 230 valence electrons. The van der Waals surface area contributed by atoms with E-state index >= 15 is 0 Å². The largest absolute Gasteiger partial charge is 0.453 e. The van der Waals surface area contributed by atoms with Crippen LogP contribution >= 0.6 is 0 Å². The Morgan fingerprint density at radius 2 is 1.81 bits per heavy atom. The predicted octanol–water partition coefficient (Wildman–Crippen LogP) is 5.69. The van der Waals surface area contributed by atoms with Crippen LogP contribution in [0.2, 0.25) is 0 Å². The number of nitrogens with one attached hydrogen (secondary N) is 1. The Balaban J connectivity index is 1.65. The second kappa shape index (κ2) is 13.4. The standard InChI is InChI=1S/C32H45N3O7/c1-9-14-32(6,7)20-41-28(37)33-27(31(3,4)5)26(36)16-23-15-24(18-35(23)30(39)40-8)42-29(38)34-17-22-13-11-12-21(10-2)25(22)19-34/h9-13,23-24,27H,1-2,14-20H2,3-8H3,(H,33,37)/t23?,24-,27-/m1/s1. The number of nitrogens with zero attached hydrogens (tertiary/aromatic N) is 2. The average Bonchev–Trinajstić information content (AvgIpc) is 3.53. The van der Waals surface area contributed by atoms with Crippen molar-refractivity contribution >= 4 is 30.1 Å². The monoisotopic (exact) mass is 583 g/mol. The van der Waals surface area contributed by atoms with Gasteiger partial charge in [0.1, 0.15) is 6.10 Å². The van der Waals surface area contributed by atoms with Crippen LogP contribution in [0.3, 0.4) is 0 Å². The maximum Gasteiger partial charge on any atom is 0.410 e. The van der Waals surface area contributed by atoms with Crippen molar-refractivity contribution in [3.63, 3.8) is 0 Å². The van der Waals surface area contributed by atoms with E-state index in [0.717, 1.165) is 16.7 Å². The summed E-state index contributed by atoms with van der Waals surface area (Å²) >= 11 is 0. The lowest BCUT2D eigenvalue weighted by molar-refractivity contribution is -0.124. The molecule has 1 aromatic carbocycles. The Hall–Kier alpha value is -3.82. The van der Waals surface area contributed by atoms with Gasteiger partial charge in [0.25, 0.3) is 0 Å². The highest BCUT2D eigenvalue weighted by molar-refractivity contribution is 5.89. The van der Waals surface area contributed by atoms with Crippen LogP contribution in [0.5, 0.6) is 0 Å². The number of methoxy groups -OCH3 is 1. The number of hydrogen-bond donors (Lipinski definition) is 1. The molecular weight excluding hydrogens is 538 g/mol. The van der Waals surface area contributed by atoms with Gasteiger partial charge in [-0.15, -0.1) is 6.58 Å². The van der Waals surface area contributed by atoms with Gasteiger partial charge in [0, 0.05) is 30.8 Å². The second-order valence-electron chi connectivity index (χ2n) is 12.9. The molecule has 2 aliphatic heterocycles. The molecule has 0 radical (unpaired) electrons. The molecule has 2 heterocycles. The molecule has 10 heteroatoms. The van der Waals surface area contributed by atoms with Gasteiger partial charge in [0.15, 0.2) is 5.78 Å². The Kier molecular flexibility index (Phi) is 10.5. The first kappa shape index (κ1) is 32.7. The minimum Gasteiger partial charge on any atom is -0.453 e. The number of rotatable bonds is 10. The zero-order chi connectivity index (χ0) is 31.2. The summed E-state index contributed by atoms with van der Waals surface area (Å²) in [4.78, 5) is 55.0. The van der Waals surface area contributed by atoms with Crippen molar-refractivity contribution in [2.75, 3.05) is 20.3 Å². The number of ketones is 1. The van der Waals surface area contributed by atoms with Crippen LogP contribution in [0.1, 0.15) is 70.6 Å². The third-order valence-corrected chi connectivity index (χ3v) is 7.73. The van der Waals surface area contributed by atoms with Gasteiger partial charge < -0.3 is 24.4 Å². The fourth-order valence-electron chi connectivity index (χ4n) is 5.48. The molecule has 1 N–H and O–H groups in total. The normalized spacial score (nSPS) is 19.0. The molecule has 0 aliphatic carbocycles. The van der Waals surface area contributed by atoms with E-state index in [9.17, 15) is 19.2 Å². The minimum atomic E-state index is -0.865. The average molecular weight is 584 g/mol. The Morgan fingerprint density at radius 3 is 2.43 bits per heavy atom. The predicted molar refractivity (Wildman–Crippen MR) is 160 cm³/mol. The molecular formula is C32H45N3O7. The number of hydrogen-bond acceptors (Lipinski definition) is 7. The smallest absolute Gasteiger partial charge is 0.410 e. The number of amides is 3. The van der Waals surface area contributed by atoms with Gasteiger partial charge in [0.2, 0.25) is 0 Å². The van der Waals surface area contributed by atoms with Crippen molar-refractivity contribution in [1.29, 1.82) is 0 Å². The van der Waals surface area contributed by atoms with E-state index in [1.165, 1.54) is 12.0 Å². The van der Waals surface area contributed by atoms with E-state index in [1.54, 1.807) is 17.1 Å². The fraction of sp³-hybridized carbons (Fsp3) is 0.562. The summed E-state index contributed by atoms with van der Waals surface area (Å²) in [5.74, 6) is -0.261. The molecule has 0 saturated carbocycles. The molecule has 3 atom stereocenters. The van der Waals surface area contributed by atoms with Gasteiger partial charge in [-0.05, 0) is 28.5 Å². The minimum absolute atomic E-state index is 0.0504. The number of carbonyl (C=O) groups excluding carboxylic acids is 4. The molecule has 3 rings (SSSR count). The van der Waals surface area contributed by atoms with Crippen molar-refractivity contribution in [2.24, 2.45) is 10.8 Å². The summed E-state index contributed by atoms with van der Waals surface area (Å²) in [5.41, 5.74) is 2.15. The van der Waals surface area contributed by atoms with Crippen LogP contribution in [-0.4, -0.2) is 72.3 Å². The first-order valence-electron chi connectivity index (χ1n) is 14.3. The fourth-order valence-corrected chi connectivity index (χ4v) is 5.48. The van der Waals surface area contributed by atoms with E-state index in [0.29, 0.717) is 19.5 Å². The van der Waals surface area contributed by atoms with Gasteiger partial charge in [-0.25, -0.2) is 14.4 Å². The molecule has 2 aliphatic rings. The quantitative estimate of drug-likeness (QED) is 0.278. The van der Waals surface area contributed by atoms with E-state index < -0.39 is 41.9 Å². The third kappa shape index (κ3) is 8.14. The summed E-state index contributed by atoms with van der Waals surface area (Å²) < 4.78 is 16.2. The van der Waals surface area contributed by atoms with Crippen LogP contribution in [0, 0.1) is 10.8 Å². The van der Waals surface area contributed by atoms with Crippen molar-refractivity contribution in [2.45, 2.75) is 85.2 Å². The Labute approximate surface area is 249 Å². The molecule has 1 saturated heterocycles. The van der Waals surface area contributed by atoms with E-state index in [2.05, 4.69) is 18.5 Å². The lowest BCUT2D eigenvalue weighted by Gasteiger charge is -2.32. The SMILES string of the molecule is C=CCC(C)(C)COC(=O)N[C@H](C(=O)CC1C[C@@H](OC(=O)N2Cc3cccc(C=C)c3C2)CN1C(=O)OC)C(C)(C)C. The summed E-state index contributed by atoms with van der Waals surface area (Å²) in [6.45, 7) is 18.1. The van der Waals surface area contributed by atoms with Crippen LogP contribution in [0.4, 0.5) is 14.4 Å². The number of alkyl carbamates (subject to hydrolysis) is 1. The van der Waals surface area contributed by atoms with E-state index in [1.807, 2.05) is 52.8 Å². The molecule has 42 heavy (non-hydrogen) atoms. The van der Waals surface area contributed by atoms with Gasteiger partial charge >= 0.3 is 18.3 Å². The van der Waals surface area contributed by atoms with Crippen molar-refractivity contribution < 1.29 is 33.4 Å². The third-order valence-electron chi connectivity index (χ3n) is 7.73. The first-order chi connectivity index (χ1) is 19.7. The lowest BCUT2D eigenvalue weighted by Crippen LogP contribution is -2.51. The van der Waals surface area contributed by atoms with Crippen molar-refractivity contribution in [3.8, 4) is 0 Å². The highest BCUT2D eigenvalue weighted by atomic mass is 16.6. The number of fused-ring (bicyclic) bond motifs is 1. The van der Waals surface area contributed by atoms with Crippen LogP contribution in [0.15, 0.2) is 37.4 Å². The molecule has 0 bridgehead atoms. The number of likely N-dealkylation sites (tertiary alicyclic amines) is 1. The molecule has 1 aromatic rings. The summed E-state index contributed by atoms with van der Waals surface area (Å²) in [5, 5.41) is 2.73.